The van der Waals surface area contributed by atoms with E-state index in [4.69, 9.17) is 4.74 Å². The molecule has 0 fully saturated rings. The molecule has 0 radical (unpaired) electrons. The van der Waals surface area contributed by atoms with E-state index in [1.54, 1.807) is 11.3 Å². The predicted molar refractivity (Wildman–Crippen MR) is 78.9 cm³/mol. The largest absolute Gasteiger partial charge is 0.466 e. The number of carbonyl (C=O) groups is 1. The van der Waals surface area contributed by atoms with Crippen LogP contribution >= 0.6 is 11.3 Å². The molecular formula is C14H17N3O2S. The minimum Gasteiger partial charge on any atom is -0.466 e. The molecule has 1 atom stereocenters. The summed E-state index contributed by atoms with van der Waals surface area (Å²) in [5.74, 6) is 0.642. The van der Waals surface area contributed by atoms with Crippen molar-refractivity contribution in [3.63, 3.8) is 0 Å². The van der Waals surface area contributed by atoms with Gasteiger partial charge >= 0.3 is 5.97 Å². The van der Waals surface area contributed by atoms with Crippen molar-refractivity contribution in [1.82, 2.24) is 9.78 Å². The predicted octanol–water partition coefficient (Wildman–Crippen LogP) is 2.52. The van der Waals surface area contributed by atoms with Crippen LogP contribution in [0, 0.1) is 12.8 Å². The van der Waals surface area contributed by atoms with Crippen molar-refractivity contribution in [2.75, 3.05) is 18.5 Å². The molecule has 106 valence electrons. The van der Waals surface area contributed by atoms with E-state index in [1.165, 1.54) is 10.4 Å². The van der Waals surface area contributed by atoms with Crippen molar-refractivity contribution in [3.8, 4) is 10.6 Å². The second-order valence-electron chi connectivity index (χ2n) is 4.86. The van der Waals surface area contributed by atoms with Gasteiger partial charge in [-0.3, -0.25) is 4.79 Å². The molecular weight excluding hydrogens is 274 g/mol. The smallest absolute Gasteiger partial charge is 0.312 e. The third-order valence-electron chi connectivity index (χ3n) is 3.42. The van der Waals surface area contributed by atoms with Crippen LogP contribution in [0.2, 0.25) is 0 Å². The molecule has 3 rings (SSSR count). The highest BCUT2D eigenvalue weighted by Gasteiger charge is 2.27. The summed E-state index contributed by atoms with van der Waals surface area (Å²) in [6, 6.07) is 4.13. The lowest BCUT2D eigenvalue weighted by Gasteiger charge is -2.23. The monoisotopic (exact) mass is 291 g/mol. The average molecular weight is 291 g/mol. The Bertz CT molecular complexity index is 632. The van der Waals surface area contributed by atoms with Crippen molar-refractivity contribution in [2.24, 2.45) is 5.92 Å². The van der Waals surface area contributed by atoms with Gasteiger partial charge in [-0.2, -0.15) is 5.10 Å². The number of carbonyl (C=O) groups excluding carboxylic acids is 1. The van der Waals surface area contributed by atoms with Crippen LogP contribution in [0.1, 0.15) is 12.5 Å². The van der Waals surface area contributed by atoms with E-state index in [-0.39, 0.29) is 11.9 Å². The Morgan fingerprint density at radius 1 is 1.65 bits per heavy atom. The maximum atomic E-state index is 11.8. The summed E-state index contributed by atoms with van der Waals surface area (Å²) in [5.41, 5.74) is 2.19. The van der Waals surface area contributed by atoms with Crippen LogP contribution in [0.25, 0.3) is 10.6 Å². The van der Waals surface area contributed by atoms with Crippen LogP contribution in [0.3, 0.4) is 0 Å². The van der Waals surface area contributed by atoms with Gasteiger partial charge in [0.1, 0.15) is 11.5 Å². The Hall–Kier alpha value is -1.82. The number of fused-ring (bicyclic) bond motifs is 1. The number of ether oxygens (including phenoxy) is 1. The SMILES string of the molecule is CCOC(=O)C1CNc2cc(-c3sccc3C)nn2C1. The molecule has 0 aromatic carbocycles. The molecule has 0 bridgehead atoms. The minimum atomic E-state index is -0.167. The second-order valence-corrected chi connectivity index (χ2v) is 5.78. The summed E-state index contributed by atoms with van der Waals surface area (Å²) in [4.78, 5) is 13.0. The molecule has 6 heteroatoms. The van der Waals surface area contributed by atoms with E-state index in [0.717, 1.165) is 11.5 Å². The molecule has 1 aliphatic rings. The zero-order valence-electron chi connectivity index (χ0n) is 11.5. The van der Waals surface area contributed by atoms with E-state index in [2.05, 4.69) is 28.8 Å². The summed E-state index contributed by atoms with van der Waals surface area (Å²) in [6.07, 6.45) is 0. The van der Waals surface area contributed by atoms with Gasteiger partial charge in [0.25, 0.3) is 0 Å². The van der Waals surface area contributed by atoms with E-state index >= 15 is 0 Å². The Morgan fingerprint density at radius 2 is 2.50 bits per heavy atom. The highest BCUT2D eigenvalue weighted by atomic mass is 32.1. The van der Waals surface area contributed by atoms with Crippen LogP contribution in [0.4, 0.5) is 5.82 Å². The average Bonchev–Trinajstić information content (AvgIpc) is 3.03. The molecule has 0 saturated heterocycles. The van der Waals surface area contributed by atoms with Gasteiger partial charge in [0.2, 0.25) is 0 Å². The van der Waals surface area contributed by atoms with Gasteiger partial charge in [0, 0.05) is 12.6 Å². The number of thiophene rings is 1. The Balaban J connectivity index is 1.83. The quantitative estimate of drug-likeness (QED) is 0.883. The number of anilines is 1. The number of nitrogens with zero attached hydrogens (tertiary/aromatic N) is 2. The molecule has 0 saturated carbocycles. The third kappa shape index (κ3) is 2.31. The number of aryl methyl sites for hydroxylation is 1. The first-order valence-electron chi connectivity index (χ1n) is 6.72. The van der Waals surface area contributed by atoms with E-state index in [9.17, 15) is 4.79 Å². The summed E-state index contributed by atoms with van der Waals surface area (Å²) < 4.78 is 6.94. The van der Waals surface area contributed by atoms with Gasteiger partial charge in [0.15, 0.2) is 0 Å². The van der Waals surface area contributed by atoms with E-state index < -0.39 is 0 Å². The fourth-order valence-electron chi connectivity index (χ4n) is 2.36. The van der Waals surface area contributed by atoms with Crippen molar-refractivity contribution in [1.29, 1.82) is 0 Å². The molecule has 20 heavy (non-hydrogen) atoms. The molecule has 2 aromatic rings. The van der Waals surface area contributed by atoms with Crippen LogP contribution in [-0.4, -0.2) is 28.9 Å². The number of esters is 1. The highest BCUT2D eigenvalue weighted by molar-refractivity contribution is 7.13. The molecule has 0 amide bonds. The molecule has 1 N–H and O–H groups in total. The number of hydrogen-bond donors (Lipinski definition) is 1. The summed E-state index contributed by atoms with van der Waals surface area (Å²) in [5, 5.41) is 9.93. The van der Waals surface area contributed by atoms with Gasteiger partial charge in [0.05, 0.1) is 23.9 Å². The van der Waals surface area contributed by atoms with Gasteiger partial charge in [-0.05, 0) is 30.9 Å². The molecule has 1 aliphatic heterocycles. The molecule has 3 heterocycles. The Labute approximate surface area is 121 Å². The lowest BCUT2D eigenvalue weighted by molar-refractivity contribution is -0.148. The van der Waals surface area contributed by atoms with Crippen molar-refractivity contribution in [2.45, 2.75) is 20.4 Å². The minimum absolute atomic E-state index is 0.157. The first kappa shape index (κ1) is 13.2. The molecule has 0 aliphatic carbocycles. The Kier molecular flexibility index (Phi) is 3.48. The maximum Gasteiger partial charge on any atom is 0.312 e. The van der Waals surface area contributed by atoms with Gasteiger partial charge in [-0.25, -0.2) is 4.68 Å². The number of nitrogens with one attached hydrogen (secondary N) is 1. The zero-order chi connectivity index (χ0) is 14.1. The van der Waals surface area contributed by atoms with Crippen LogP contribution < -0.4 is 5.32 Å². The fraction of sp³-hybridized carbons (Fsp3) is 0.429. The summed E-state index contributed by atoms with van der Waals surface area (Å²) in [7, 11) is 0. The lowest BCUT2D eigenvalue weighted by atomic mass is 10.1. The molecule has 0 spiro atoms. The van der Waals surface area contributed by atoms with Gasteiger partial charge in [-0.1, -0.05) is 0 Å². The van der Waals surface area contributed by atoms with Crippen LogP contribution in [-0.2, 0) is 16.1 Å². The molecule has 2 aromatic heterocycles. The standard InChI is InChI=1S/C14H17N3O2S/c1-3-19-14(18)10-7-15-12-6-11(16-17(12)8-10)13-9(2)4-5-20-13/h4-6,10,15H,3,7-8H2,1-2H3. The normalized spacial score (nSPS) is 17.4. The Morgan fingerprint density at radius 3 is 3.20 bits per heavy atom. The summed E-state index contributed by atoms with van der Waals surface area (Å²) in [6.45, 7) is 5.50. The number of hydrogen-bond acceptors (Lipinski definition) is 5. The number of aromatic nitrogens is 2. The van der Waals surface area contributed by atoms with Crippen molar-refractivity contribution >= 4 is 23.1 Å². The highest BCUT2D eigenvalue weighted by Crippen LogP contribution is 2.31. The number of rotatable bonds is 3. The second kappa shape index (κ2) is 5.28. The van der Waals surface area contributed by atoms with Crippen LogP contribution in [0.15, 0.2) is 17.5 Å². The van der Waals surface area contributed by atoms with Gasteiger partial charge in [-0.15, -0.1) is 11.3 Å². The van der Waals surface area contributed by atoms with Crippen LogP contribution in [0.5, 0.6) is 0 Å². The summed E-state index contributed by atoms with van der Waals surface area (Å²) >= 11 is 1.69. The first-order valence-corrected chi connectivity index (χ1v) is 7.60. The van der Waals surface area contributed by atoms with E-state index in [0.29, 0.717) is 19.7 Å². The third-order valence-corrected chi connectivity index (χ3v) is 4.46. The first-order chi connectivity index (χ1) is 9.69. The van der Waals surface area contributed by atoms with E-state index in [1.807, 2.05) is 17.7 Å². The topological polar surface area (TPSA) is 56.1 Å². The van der Waals surface area contributed by atoms with Crippen molar-refractivity contribution < 1.29 is 9.53 Å². The molecule has 1 unspecified atom stereocenters. The van der Waals surface area contributed by atoms with Gasteiger partial charge < -0.3 is 10.1 Å². The lowest BCUT2D eigenvalue weighted by Crippen LogP contribution is -2.34. The zero-order valence-corrected chi connectivity index (χ0v) is 12.4. The molecule has 5 nitrogen and oxygen atoms in total. The van der Waals surface area contributed by atoms with Crippen molar-refractivity contribution in [3.05, 3.63) is 23.1 Å². The maximum absolute atomic E-state index is 11.8. The fourth-order valence-corrected chi connectivity index (χ4v) is 3.25.